The molecule has 1 spiro atoms. The van der Waals surface area contributed by atoms with Gasteiger partial charge in [-0.15, -0.1) is 0 Å². The van der Waals surface area contributed by atoms with Crippen LogP contribution in [0.4, 0.5) is 17.1 Å². The lowest BCUT2D eigenvalue weighted by Gasteiger charge is -2.32. The van der Waals surface area contributed by atoms with E-state index in [0.717, 1.165) is 11.4 Å². The molecule has 0 N–H and O–H groups in total. The minimum atomic E-state index is -0.401. The average Bonchev–Trinajstić information content (AvgIpc) is 3.67. The van der Waals surface area contributed by atoms with Crippen molar-refractivity contribution in [3.05, 3.63) is 222 Å². The van der Waals surface area contributed by atoms with Crippen LogP contribution in [-0.2, 0) is 5.41 Å². The molecule has 51 heavy (non-hydrogen) atoms. The molecule has 1 nitrogen and oxygen atoms in total. The van der Waals surface area contributed by atoms with E-state index in [4.69, 9.17) is 0 Å². The first-order chi connectivity index (χ1) is 25.2. The first kappa shape index (κ1) is 29.5. The summed E-state index contributed by atoms with van der Waals surface area (Å²) < 4.78 is 0. The van der Waals surface area contributed by atoms with Crippen LogP contribution < -0.4 is 4.90 Å². The van der Waals surface area contributed by atoms with Gasteiger partial charge in [-0.1, -0.05) is 164 Å². The van der Waals surface area contributed by atoms with Gasteiger partial charge >= 0.3 is 0 Å². The lowest BCUT2D eigenvalue weighted by atomic mass is 9.70. The molecule has 2 aliphatic rings. The monoisotopic (exact) mass is 649 g/mol. The topological polar surface area (TPSA) is 3.24 Å². The molecule has 0 saturated heterocycles. The zero-order chi connectivity index (χ0) is 33.9. The second kappa shape index (κ2) is 11.6. The normalized spacial score (nSPS) is 13.0. The van der Waals surface area contributed by atoms with Gasteiger partial charge in [0, 0.05) is 16.9 Å². The van der Waals surface area contributed by atoms with Crippen molar-refractivity contribution in [3.8, 4) is 44.5 Å². The molecule has 10 rings (SSSR count). The Bertz CT molecular complexity index is 2550. The fraction of sp³-hybridized carbons (Fsp3) is 0.0400. The maximum atomic E-state index is 2.47. The minimum absolute atomic E-state index is 0.401. The molecule has 0 bridgehead atoms. The Morgan fingerprint density at radius 1 is 0.353 bits per heavy atom. The summed E-state index contributed by atoms with van der Waals surface area (Å²) in [5, 5.41) is 0. The van der Waals surface area contributed by atoms with Gasteiger partial charge in [-0.05, 0) is 104 Å². The molecule has 0 amide bonds. The lowest BCUT2D eigenvalue weighted by Crippen LogP contribution is -2.26. The molecule has 0 saturated carbocycles. The maximum Gasteiger partial charge on any atom is 0.0726 e. The predicted octanol–water partition coefficient (Wildman–Crippen LogP) is 13.1. The van der Waals surface area contributed by atoms with Crippen LogP contribution in [0.2, 0.25) is 0 Å². The van der Waals surface area contributed by atoms with Crippen molar-refractivity contribution in [2.75, 3.05) is 4.90 Å². The van der Waals surface area contributed by atoms with E-state index < -0.39 is 5.41 Å². The molecular formula is C50H35N. The standard InChI is InChI=1S/C50H35N/c1-34-15-5-6-20-40(34)36-29-31-38(32-30-36)51(39-19-13-18-37(33-39)35-16-3-2-4-17-35)48-28-14-27-47-49(48)43-23-9-12-26-46(43)50(47)44-24-10-7-21-41(44)42-22-8-11-25-45(42)50/h2-33H,1H3. The first-order valence-electron chi connectivity index (χ1n) is 17.8. The van der Waals surface area contributed by atoms with E-state index >= 15 is 0 Å². The molecular weight excluding hydrogens is 615 g/mol. The quantitative estimate of drug-likeness (QED) is 0.179. The molecule has 8 aromatic carbocycles. The van der Waals surface area contributed by atoms with Crippen LogP contribution in [0.5, 0.6) is 0 Å². The van der Waals surface area contributed by atoms with Crippen molar-refractivity contribution < 1.29 is 0 Å². The molecule has 1 heteroatoms. The smallest absolute Gasteiger partial charge is 0.0726 e. The van der Waals surface area contributed by atoms with Gasteiger partial charge in [0.1, 0.15) is 0 Å². The molecule has 0 radical (unpaired) electrons. The molecule has 0 fully saturated rings. The number of fused-ring (bicyclic) bond motifs is 10. The van der Waals surface area contributed by atoms with Crippen LogP contribution in [-0.4, -0.2) is 0 Å². The summed E-state index contributed by atoms with van der Waals surface area (Å²) in [5.74, 6) is 0. The predicted molar refractivity (Wildman–Crippen MR) is 213 cm³/mol. The SMILES string of the molecule is Cc1ccccc1-c1ccc(N(c2cccc(-c3ccccc3)c2)c2cccc3c2-c2ccccc2C32c3ccccc3-c3ccccc32)cc1. The summed E-state index contributed by atoms with van der Waals surface area (Å²) in [4.78, 5) is 2.47. The Balaban J connectivity index is 1.24. The Labute approximate surface area is 299 Å². The number of anilines is 3. The molecule has 0 aliphatic heterocycles. The van der Waals surface area contributed by atoms with Crippen LogP contribution in [0.1, 0.15) is 27.8 Å². The van der Waals surface area contributed by atoms with Crippen molar-refractivity contribution in [2.24, 2.45) is 0 Å². The van der Waals surface area contributed by atoms with Crippen LogP contribution in [0.15, 0.2) is 194 Å². The maximum absolute atomic E-state index is 2.47. The number of hydrogen-bond donors (Lipinski definition) is 0. The van der Waals surface area contributed by atoms with Gasteiger partial charge in [0.25, 0.3) is 0 Å². The van der Waals surface area contributed by atoms with Crippen LogP contribution in [0.3, 0.4) is 0 Å². The van der Waals surface area contributed by atoms with Crippen LogP contribution in [0, 0.1) is 6.92 Å². The molecule has 8 aromatic rings. The summed E-state index contributed by atoms with van der Waals surface area (Å²) in [5.41, 5.74) is 19.8. The van der Waals surface area contributed by atoms with Crippen LogP contribution in [0.25, 0.3) is 44.5 Å². The third-order valence-corrected chi connectivity index (χ3v) is 11.0. The Morgan fingerprint density at radius 3 is 1.57 bits per heavy atom. The van der Waals surface area contributed by atoms with E-state index in [0.29, 0.717) is 0 Å². The highest BCUT2D eigenvalue weighted by Gasteiger charge is 2.52. The molecule has 0 aromatic heterocycles. The number of rotatable bonds is 5. The summed E-state index contributed by atoms with van der Waals surface area (Å²) in [6, 6.07) is 71.5. The van der Waals surface area contributed by atoms with Gasteiger partial charge in [0.05, 0.1) is 11.1 Å². The Kier molecular flexibility index (Phi) is 6.69. The van der Waals surface area contributed by atoms with Crippen molar-refractivity contribution >= 4 is 17.1 Å². The zero-order valence-electron chi connectivity index (χ0n) is 28.4. The Hall–Kier alpha value is -6.44. The van der Waals surface area contributed by atoms with Gasteiger partial charge in [-0.2, -0.15) is 0 Å². The van der Waals surface area contributed by atoms with E-state index in [9.17, 15) is 0 Å². The summed E-state index contributed by atoms with van der Waals surface area (Å²) in [6.07, 6.45) is 0. The second-order valence-electron chi connectivity index (χ2n) is 13.7. The van der Waals surface area contributed by atoms with Gasteiger partial charge in [-0.3, -0.25) is 0 Å². The van der Waals surface area contributed by atoms with Gasteiger partial charge in [0.15, 0.2) is 0 Å². The third kappa shape index (κ3) is 4.35. The van der Waals surface area contributed by atoms with E-state index in [1.54, 1.807) is 0 Å². The fourth-order valence-electron chi connectivity index (χ4n) is 8.88. The number of hydrogen-bond acceptors (Lipinski definition) is 1. The molecule has 0 heterocycles. The number of nitrogens with zero attached hydrogens (tertiary/aromatic N) is 1. The first-order valence-corrected chi connectivity index (χ1v) is 17.8. The third-order valence-electron chi connectivity index (χ3n) is 11.0. The molecule has 2 aliphatic carbocycles. The minimum Gasteiger partial charge on any atom is -0.310 e. The number of aryl methyl sites for hydroxylation is 1. The zero-order valence-corrected chi connectivity index (χ0v) is 28.4. The Morgan fingerprint density at radius 2 is 0.882 bits per heavy atom. The summed E-state index contributed by atoms with van der Waals surface area (Å²) in [6.45, 7) is 2.19. The highest BCUT2D eigenvalue weighted by molar-refractivity contribution is 6.01. The second-order valence-corrected chi connectivity index (χ2v) is 13.7. The van der Waals surface area contributed by atoms with Gasteiger partial charge < -0.3 is 4.90 Å². The average molecular weight is 650 g/mol. The van der Waals surface area contributed by atoms with Crippen molar-refractivity contribution in [1.29, 1.82) is 0 Å². The molecule has 0 unspecified atom stereocenters. The molecule has 0 atom stereocenters. The molecule has 240 valence electrons. The van der Waals surface area contributed by atoms with Crippen LogP contribution >= 0.6 is 0 Å². The van der Waals surface area contributed by atoms with Crippen molar-refractivity contribution in [2.45, 2.75) is 12.3 Å². The van der Waals surface area contributed by atoms with E-state index in [1.807, 2.05) is 0 Å². The summed E-state index contributed by atoms with van der Waals surface area (Å²) >= 11 is 0. The van der Waals surface area contributed by atoms with E-state index in [1.165, 1.54) is 78.0 Å². The van der Waals surface area contributed by atoms with E-state index in [2.05, 4.69) is 206 Å². The highest BCUT2D eigenvalue weighted by Crippen LogP contribution is 2.64. The van der Waals surface area contributed by atoms with Crippen molar-refractivity contribution in [3.63, 3.8) is 0 Å². The van der Waals surface area contributed by atoms with Gasteiger partial charge in [0.2, 0.25) is 0 Å². The summed E-state index contributed by atoms with van der Waals surface area (Å²) in [7, 11) is 0. The lowest BCUT2D eigenvalue weighted by molar-refractivity contribution is 0.794. The number of benzene rings is 8. The largest absolute Gasteiger partial charge is 0.310 e. The highest BCUT2D eigenvalue weighted by atomic mass is 15.1. The van der Waals surface area contributed by atoms with E-state index in [-0.39, 0.29) is 0 Å². The van der Waals surface area contributed by atoms with Gasteiger partial charge in [-0.25, -0.2) is 0 Å². The van der Waals surface area contributed by atoms with Crippen molar-refractivity contribution in [1.82, 2.24) is 0 Å². The fourth-order valence-corrected chi connectivity index (χ4v) is 8.88.